The van der Waals surface area contributed by atoms with Gasteiger partial charge in [0.05, 0.1) is 5.52 Å². The number of hydrogen-bond donors (Lipinski definition) is 1. The Morgan fingerprint density at radius 3 is 3.00 bits per heavy atom. The Balaban J connectivity index is 2.89. The summed E-state index contributed by atoms with van der Waals surface area (Å²) in [4.78, 5) is 7.89. The number of nitrogens with zero attached hydrogens (tertiary/aromatic N) is 3. The normalized spacial score (nSPS) is 9.77. The van der Waals surface area contributed by atoms with E-state index < -0.39 is 0 Å². The van der Waals surface area contributed by atoms with E-state index in [1.165, 1.54) is 6.20 Å². The van der Waals surface area contributed by atoms with Crippen LogP contribution >= 0.6 is 0 Å². The summed E-state index contributed by atoms with van der Waals surface area (Å²) in [6, 6.07) is 5.28. The second kappa shape index (κ2) is 2.72. The van der Waals surface area contributed by atoms with Crippen molar-refractivity contribution in [1.82, 2.24) is 9.97 Å². The minimum absolute atomic E-state index is 0.104. The third kappa shape index (κ3) is 1.07. The molecule has 0 aliphatic rings. The smallest absolute Gasteiger partial charge is 0.162 e. The number of nitriles is 1. The third-order valence-electron chi connectivity index (χ3n) is 1.72. The molecule has 4 heteroatoms. The van der Waals surface area contributed by atoms with Crippen molar-refractivity contribution < 1.29 is 5.11 Å². The van der Waals surface area contributed by atoms with Crippen LogP contribution in [-0.4, -0.2) is 15.1 Å². The maximum absolute atomic E-state index is 9.52. The Morgan fingerprint density at radius 1 is 1.38 bits per heavy atom. The van der Waals surface area contributed by atoms with Gasteiger partial charge in [-0.1, -0.05) is 0 Å². The van der Waals surface area contributed by atoms with Crippen molar-refractivity contribution >= 4 is 11.0 Å². The second-order valence-corrected chi connectivity index (χ2v) is 2.50. The zero-order valence-electron chi connectivity index (χ0n) is 6.60. The van der Waals surface area contributed by atoms with Crippen molar-refractivity contribution in [2.45, 2.75) is 0 Å². The van der Waals surface area contributed by atoms with Crippen LogP contribution < -0.4 is 0 Å². The van der Waals surface area contributed by atoms with Gasteiger partial charge in [0.1, 0.15) is 17.1 Å². The van der Waals surface area contributed by atoms with Gasteiger partial charge in [-0.05, 0) is 12.1 Å². The predicted octanol–water partition coefficient (Wildman–Crippen LogP) is 1.21. The Morgan fingerprint density at radius 2 is 2.23 bits per heavy atom. The van der Waals surface area contributed by atoms with Crippen LogP contribution in [0.1, 0.15) is 5.56 Å². The van der Waals surface area contributed by atoms with E-state index in [-0.39, 0.29) is 11.3 Å². The molecule has 2 aromatic heterocycles. The van der Waals surface area contributed by atoms with Gasteiger partial charge in [-0.25, -0.2) is 0 Å². The minimum atomic E-state index is -0.104. The molecule has 2 aromatic rings. The van der Waals surface area contributed by atoms with E-state index in [0.29, 0.717) is 11.0 Å². The maximum atomic E-state index is 9.52. The van der Waals surface area contributed by atoms with Gasteiger partial charge in [-0.2, -0.15) is 5.26 Å². The monoisotopic (exact) mass is 171 g/mol. The lowest BCUT2D eigenvalue weighted by Gasteiger charge is -1.99. The Bertz CT molecular complexity index is 502. The van der Waals surface area contributed by atoms with Crippen LogP contribution in [0, 0.1) is 11.3 Å². The first-order valence-corrected chi connectivity index (χ1v) is 3.65. The van der Waals surface area contributed by atoms with E-state index in [0.717, 1.165) is 0 Å². The molecule has 0 radical (unpaired) electrons. The molecule has 1 N–H and O–H groups in total. The average molecular weight is 171 g/mol. The van der Waals surface area contributed by atoms with Crippen LogP contribution in [0.15, 0.2) is 24.5 Å². The van der Waals surface area contributed by atoms with Crippen LogP contribution in [0.5, 0.6) is 5.75 Å². The lowest BCUT2D eigenvalue weighted by Crippen LogP contribution is -1.86. The lowest BCUT2D eigenvalue weighted by atomic mass is 10.2. The third-order valence-corrected chi connectivity index (χ3v) is 1.72. The standard InChI is InChI=1S/C9H5N3O/c10-4-6-5-12-7-2-1-3-11-8(7)9(6)13/h1-3,5H,(H,12,13). The van der Waals surface area contributed by atoms with Crippen molar-refractivity contribution in [3.8, 4) is 11.8 Å². The van der Waals surface area contributed by atoms with Crippen molar-refractivity contribution in [2.24, 2.45) is 0 Å². The molecule has 0 unspecified atom stereocenters. The summed E-state index contributed by atoms with van der Waals surface area (Å²) in [5.74, 6) is -0.104. The molecule has 2 heterocycles. The molecule has 0 saturated heterocycles. The van der Waals surface area contributed by atoms with Crippen molar-refractivity contribution in [2.75, 3.05) is 0 Å². The fraction of sp³-hybridized carbons (Fsp3) is 0. The molecule has 0 amide bonds. The zero-order chi connectivity index (χ0) is 9.26. The highest BCUT2D eigenvalue weighted by Gasteiger charge is 2.06. The van der Waals surface area contributed by atoms with Gasteiger partial charge in [0.15, 0.2) is 5.75 Å². The topological polar surface area (TPSA) is 69.8 Å². The highest BCUT2D eigenvalue weighted by atomic mass is 16.3. The van der Waals surface area contributed by atoms with Gasteiger partial charge in [-0.3, -0.25) is 9.97 Å². The van der Waals surface area contributed by atoms with E-state index in [9.17, 15) is 5.11 Å². The second-order valence-electron chi connectivity index (χ2n) is 2.50. The van der Waals surface area contributed by atoms with Gasteiger partial charge < -0.3 is 5.11 Å². The van der Waals surface area contributed by atoms with Gasteiger partial charge in [0.25, 0.3) is 0 Å². The minimum Gasteiger partial charge on any atom is -0.504 e. The highest BCUT2D eigenvalue weighted by Crippen LogP contribution is 2.23. The SMILES string of the molecule is N#Cc1cnc2cccnc2c1O. The average Bonchev–Trinajstić information content (AvgIpc) is 2.19. The first-order valence-electron chi connectivity index (χ1n) is 3.65. The van der Waals surface area contributed by atoms with Crippen molar-refractivity contribution in [3.63, 3.8) is 0 Å². The molecule has 62 valence electrons. The summed E-state index contributed by atoms with van der Waals surface area (Å²) in [5, 5.41) is 18.1. The molecule has 2 rings (SSSR count). The van der Waals surface area contributed by atoms with Crippen LogP contribution in [0.3, 0.4) is 0 Å². The molecule has 0 aliphatic carbocycles. The van der Waals surface area contributed by atoms with E-state index in [1.54, 1.807) is 18.3 Å². The fourth-order valence-electron chi connectivity index (χ4n) is 1.09. The highest BCUT2D eigenvalue weighted by molar-refractivity contribution is 5.82. The Labute approximate surface area is 74.1 Å². The van der Waals surface area contributed by atoms with Gasteiger partial charge in [-0.15, -0.1) is 0 Å². The molecule has 0 aliphatic heterocycles. The first-order chi connectivity index (χ1) is 6.33. The van der Waals surface area contributed by atoms with Gasteiger partial charge in [0.2, 0.25) is 0 Å². The summed E-state index contributed by atoms with van der Waals surface area (Å²) >= 11 is 0. The number of pyridine rings is 2. The van der Waals surface area contributed by atoms with Crippen LogP contribution in [0.25, 0.3) is 11.0 Å². The molecular formula is C9H5N3O. The molecule has 0 saturated carbocycles. The zero-order valence-corrected chi connectivity index (χ0v) is 6.60. The van der Waals surface area contributed by atoms with Crippen LogP contribution in [-0.2, 0) is 0 Å². The Kier molecular flexibility index (Phi) is 1.57. The summed E-state index contributed by atoms with van der Waals surface area (Å²) in [6.07, 6.45) is 2.88. The van der Waals surface area contributed by atoms with Gasteiger partial charge >= 0.3 is 0 Å². The lowest BCUT2D eigenvalue weighted by molar-refractivity contribution is 0.478. The number of hydrogen-bond acceptors (Lipinski definition) is 4. The van der Waals surface area contributed by atoms with Gasteiger partial charge in [0, 0.05) is 12.4 Å². The molecule has 0 spiro atoms. The Hall–Kier alpha value is -2.15. The van der Waals surface area contributed by atoms with Crippen molar-refractivity contribution in [3.05, 3.63) is 30.1 Å². The molecule has 13 heavy (non-hydrogen) atoms. The number of fused-ring (bicyclic) bond motifs is 1. The number of aromatic hydroxyl groups is 1. The van der Waals surface area contributed by atoms with Crippen LogP contribution in [0.2, 0.25) is 0 Å². The van der Waals surface area contributed by atoms with E-state index in [2.05, 4.69) is 9.97 Å². The molecule has 0 fully saturated rings. The molecule has 4 nitrogen and oxygen atoms in total. The summed E-state index contributed by atoms with van der Waals surface area (Å²) < 4.78 is 0. The molecule has 0 atom stereocenters. The molecular weight excluding hydrogens is 166 g/mol. The first kappa shape index (κ1) is 7.50. The number of aromatic nitrogens is 2. The fourth-order valence-corrected chi connectivity index (χ4v) is 1.09. The van der Waals surface area contributed by atoms with E-state index >= 15 is 0 Å². The summed E-state index contributed by atoms with van der Waals surface area (Å²) in [7, 11) is 0. The molecule has 0 aromatic carbocycles. The van der Waals surface area contributed by atoms with E-state index in [1.807, 2.05) is 6.07 Å². The number of rotatable bonds is 0. The van der Waals surface area contributed by atoms with Crippen molar-refractivity contribution in [1.29, 1.82) is 5.26 Å². The predicted molar refractivity (Wildman–Crippen MR) is 45.9 cm³/mol. The summed E-state index contributed by atoms with van der Waals surface area (Å²) in [6.45, 7) is 0. The maximum Gasteiger partial charge on any atom is 0.162 e. The van der Waals surface area contributed by atoms with Crippen LogP contribution in [0.4, 0.5) is 0 Å². The largest absolute Gasteiger partial charge is 0.504 e. The molecule has 0 bridgehead atoms. The summed E-state index contributed by atoms with van der Waals surface area (Å²) in [5.41, 5.74) is 1.09. The quantitative estimate of drug-likeness (QED) is 0.646. The van der Waals surface area contributed by atoms with E-state index in [4.69, 9.17) is 5.26 Å².